The van der Waals surface area contributed by atoms with E-state index in [1.165, 1.54) is 11.2 Å². The summed E-state index contributed by atoms with van der Waals surface area (Å²) in [5, 5.41) is 5.16. The van der Waals surface area contributed by atoms with Crippen molar-refractivity contribution in [3.63, 3.8) is 0 Å². The summed E-state index contributed by atoms with van der Waals surface area (Å²) in [5.74, 6) is -0.672. The number of nitrogens with zero attached hydrogens (tertiary/aromatic N) is 4. The average Bonchev–Trinajstić information content (AvgIpc) is 3.30. The molecule has 3 aromatic heterocycles. The molecule has 1 unspecified atom stereocenters. The van der Waals surface area contributed by atoms with Crippen LogP contribution in [-0.4, -0.2) is 44.5 Å². The lowest BCUT2D eigenvalue weighted by molar-refractivity contribution is -0.144. The maximum atomic E-state index is 13.0. The maximum Gasteiger partial charge on any atom is 0.451 e. The minimum Gasteiger partial charge on any atom is -0.368 e. The molecule has 0 bridgehead atoms. The quantitative estimate of drug-likeness (QED) is 0.687. The van der Waals surface area contributed by atoms with Gasteiger partial charge in [-0.1, -0.05) is 6.07 Å². The number of H-pyrrole nitrogens is 1. The lowest BCUT2D eigenvalue weighted by atomic mass is 9.98. The number of piperidine rings is 1. The Labute approximate surface area is 157 Å². The number of hydrogen-bond acceptors (Lipinski definition) is 6. The molecular formula is C17H19F3N6S. The summed E-state index contributed by atoms with van der Waals surface area (Å²) in [6, 6.07) is 4.17. The van der Waals surface area contributed by atoms with Gasteiger partial charge in [-0.25, -0.2) is 15.0 Å². The number of fused-ring (bicyclic) bond motifs is 1. The van der Waals surface area contributed by atoms with E-state index in [0.717, 1.165) is 32.5 Å². The van der Waals surface area contributed by atoms with E-state index in [1.54, 1.807) is 11.3 Å². The molecule has 1 saturated heterocycles. The van der Waals surface area contributed by atoms with Crippen LogP contribution >= 0.6 is 11.3 Å². The van der Waals surface area contributed by atoms with Crippen LogP contribution in [0.25, 0.3) is 11.2 Å². The molecule has 1 fully saturated rings. The van der Waals surface area contributed by atoms with E-state index in [0.29, 0.717) is 18.0 Å². The number of likely N-dealkylation sites (tertiary alicyclic amines) is 1. The van der Waals surface area contributed by atoms with Crippen molar-refractivity contribution < 1.29 is 13.2 Å². The number of anilines is 1. The van der Waals surface area contributed by atoms with Crippen molar-refractivity contribution >= 4 is 28.3 Å². The SMILES string of the molecule is FC(F)(F)c1nc(NCC2CCCN(Cc3cccs3)C2)c2[nH]cnc2n1. The Bertz CT molecular complexity index is 892. The Balaban J connectivity index is 1.44. The van der Waals surface area contributed by atoms with Gasteiger partial charge in [-0.2, -0.15) is 13.2 Å². The first-order chi connectivity index (χ1) is 13.0. The van der Waals surface area contributed by atoms with Crippen molar-refractivity contribution in [2.24, 2.45) is 5.92 Å². The summed E-state index contributed by atoms with van der Waals surface area (Å²) < 4.78 is 39.1. The third-order valence-electron chi connectivity index (χ3n) is 4.66. The Morgan fingerprint density at radius 2 is 2.22 bits per heavy atom. The standard InChI is InChI=1S/C17H19F3N6S/c18-17(19,20)16-24-14(13-15(25-16)23-10-22-13)21-7-11-3-1-5-26(8-11)9-12-4-2-6-27-12/h2,4,6,10-11H,1,3,5,7-9H2,(H2,21,22,23,24,25). The Hall–Kier alpha value is -2.20. The van der Waals surface area contributed by atoms with Crippen LogP contribution in [0.4, 0.5) is 19.0 Å². The summed E-state index contributed by atoms with van der Waals surface area (Å²) in [6.07, 6.45) is -1.16. The minimum absolute atomic E-state index is 0.0165. The molecule has 27 heavy (non-hydrogen) atoms. The number of hydrogen-bond donors (Lipinski definition) is 2. The molecule has 0 aliphatic carbocycles. The third-order valence-corrected chi connectivity index (χ3v) is 5.52. The predicted molar refractivity (Wildman–Crippen MR) is 97.5 cm³/mol. The van der Waals surface area contributed by atoms with Gasteiger partial charge in [0.15, 0.2) is 11.5 Å². The van der Waals surface area contributed by atoms with Crippen molar-refractivity contribution in [3.8, 4) is 0 Å². The molecule has 0 aromatic carbocycles. The highest BCUT2D eigenvalue weighted by Gasteiger charge is 2.36. The molecule has 3 aromatic rings. The topological polar surface area (TPSA) is 69.7 Å². The van der Waals surface area contributed by atoms with E-state index in [1.807, 2.05) is 6.07 Å². The van der Waals surface area contributed by atoms with E-state index in [9.17, 15) is 13.2 Å². The van der Waals surface area contributed by atoms with Crippen molar-refractivity contribution in [3.05, 3.63) is 34.5 Å². The summed E-state index contributed by atoms with van der Waals surface area (Å²) in [4.78, 5) is 17.6. The normalized spacial score (nSPS) is 18.9. The zero-order valence-corrected chi connectivity index (χ0v) is 15.3. The summed E-state index contributed by atoms with van der Waals surface area (Å²) in [5.41, 5.74) is 0.414. The monoisotopic (exact) mass is 396 g/mol. The molecule has 0 saturated carbocycles. The van der Waals surface area contributed by atoms with Gasteiger partial charge in [-0.3, -0.25) is 4.90 Å². The second kappa shape index (κ2) is 7.43. The number of alkyl halides is 3. The van der Waals surface area contributed by atoms with Gasteiger partial charge in [-0.05, 0) is 36.8 Å². The Morgan fingerprint density at radius 3 is 3.00 bits per heavy atom. The van der Waals surface area contributed by atoms with Gasteiger partial charge in [0.25, 0.3) is 0 Å². The molecule has 4 rings (SSSR count). The van der Waals surface area contributed by atoms with Crippen LogP contribution in [0, 0.1) is 5.92 Å². The van der Waals surface area contributed by atoms with Crippen molar-refractivity contribution in [1.82, 2.24) is 24.8 Å². The molecule has 4 heterocycles. The molecule has 1 aliphatic rings. The zero-order valence-electron chi connectivity index (χ0n) is 14.5. The predicted octanol–water partition coefficient (Wildman–Crippen LogP) is 3.76. The molecule has 1 atom stereocenters. The number of aromatic amines is 1. The van der Waals surface area contributed by atoms with Crippen LogP contribution in [0.5, 0.6) is 0 Å². The largest absolute Gasteiger partial charge is 0.451 e. The van der Waals surface area contributed by atoms with Crippen molar-refractivity contribution in [2.75, 3.05) is 25.0 Å². The summed E-state index contributed by atoms with van der Waals surface area (Å²) >= 11 is 1.74. The molecular weight excluding hydrogens is 377 g/mol. The lowest BCUT2D eigenvalue weighted by Crippen LogP contribution is -2.37. The zero-order chi connectivity index (χ0) is 18.9. The molecule has 6 nitrogen and oxygen atoms in total. The van der Waals surface area contributed by atoms with Gasteiger partial charge in [-0.15, -0.1) is 11.3 Å². The second-order valence-electron chi connectivity index (χ2n) is 6.70. The molecule has 0 radical (unpaired) electrons. The van der Waals surface area contributed by atoms with Crippen molar-refractivity contribution in [2.45, 2.75) is 25.6 Å². The number of halogens is 3. The number of thiophene rings is 1. The smallest absolute Gasteiger partial charge is 0.368 e. The van der Waals surface area contributed by atoms with E-state index in [-0.39, 0.29) is 11.5 Å². The molecule has 10 heteroatoms. The summed E-state index contributed by atoms with van der Waals surface area (Å²) in [6.45, 7) is 3.44. The van der Waals surface area contributed by atoms with Gasteiger partial charge in [0.2, 0.25) is 5.82 Å². The maximum absolute atomic E-state index is 13.0. The van der Waals surface area contributed by atoms with Gasteiger partial charge < -0.3 is 10.3 Å². The van der Waals surface area contributed by atoms with Crippen LogP contribution in [0.1, 0.15) is 23.5 Å². The number of nitrogens with one attached hydrogen (secondary N) is 2. The van der Waals surface area contributed by atoms with Crippen LogP contribution < -0.4 is 5.32 Å². The van der Waals surface area contributed by atoms with Gasteiger partial charge in [0, 0.05) is 24.5 Å². The van der Waals surface area contributed by atoms with Crippen LogP contribution in [-0.2, 0) is 12.7 Å². The first-order valence-corrected chi connectivity index (χ1v) is 9.64. The summed E-state index contributed by atoms with van der Waals surface area (Å²) in [7, 11) is 0. The van der Waals surface area contributed by atoms with Gasteiger partial charge in [0.05, 0.1) is 6.33 Å². The first kappa shape index (κ1) is 18.2. The number of aromatic nitrogens is 4. The fraction of sp³-hybridized carbons (Fsp3) is 0.471. The molecule has 0 spiro atoms. The van der Waals surface area contributed by atoms with Crippen LogP contribution in [0.15, 0.2) is 23.8 Å². The van der Waals surface area contributed by atoms with Gasteiger partial charge in [0.1, 0.15) is 5.52 Å². The Kier molecular flexibility index (Phi) is 5.00. The van der Waals surface area contributed by atoms with Crippen LogP contribution in [0.2, 0.25) is 0 Å². The highest BCUT2D eigenvalue weighted by molar-refractivity contribution is 7.09. The highest BCUT2D eigenvalue weighted by atomic mass is 32.1. The Morgan fingerprint density at radius 1 is 1.33 bits per heavy atom. The fourth-order valence-electron chi connectivity index (χ4n) is 3.41. The second-order valence-corrected chi connectivity index (χ2v) is 7.73. The van der Waals surface area contributed by atoms with E-state index >= 15 is 0 Å². The molecule has 2 N–H and O–H groups in total. The van der Waals surface area contributed by atoms with E-state index in [2.05, 4.69) is 41.6 Å². The van der Waals surface area contributed by atoms with E-state index < -0.39 is 12.0 Å². The minimum atomic E-state index is -4.61. The molecule has 144 valence electrons. The molecule has 1 aliphatic heterocycles. The van der Waals surface area contributed by atoms with Gasteiger partial charge >= 0.3 is 6.18 Å². The number of imidazole rings is 1. The fourth-order valence-corrected chi connectivity index (χ4v) is 4.16. The van der Waals surface area contributed by atoms with Crippen molar-refractivity contribution in [1.29, 1.82) is 0 Å². The average molecular weight is 396 g/mol. The number of rotatable bonds is 5. The third kappa shape index (κ3) is 4.22. The first-order valence-electron chi connectivity index (χ1n) is 8.76. The molecule has 0 amide bonds. The van der Waals surface area contributed by atoms with E-state index in [4.69, 9.17) is 0 Å². The lowest BCUT2D eigenvalue weighted by Gasteiger charge is -2.32. The highest BCUT2D eigenvalue weighted by Crippen LogP contribution is 2.29. The van der Waals surface area contributed by atoms with Crippen LogP contribution in [0.3, 0.4) is 0 Å².